The van der Waals surface area contributed by atoms with Gasteiger partial charge in [-0.05, 0) is 31.4 Å². The molecule has 2 aromatic rings. The van der Waals surface area contributed by atoms with Crippen molar-refractivity contribution in [2.75, 3.05) is 17.2 Å². The van der Waals surface area contributed by atoms with E-state index in [0.29, 0.717) is 25.8 Å². The van der Waals surface area contributed by atoms with E-state index in [1.54, 1.807) is 18.2 Å². The van der Waals surface area contributed by atoms with Gasteiger partial charge in [-0.3, -0.25) is 28.8 Å². The van der Waals surface area contributed by atoms with Crippen molar-refractivity contribution in [3.8, 4) is 5.75 Å². The molecule has 0 unspecified atom stereocenters. The molecule has 10 heteroatoms. The van der Waals surface area contributed by atoms with Crippen LogP contribution in [0.1, 0.15) is 55.8 Å². The van der Waals surface area contributed by atoms with Gasteiger partial charge in [0.15, 0.2) is 12.3 Å². The number of carbonyl (C=O) groups excluding carboxylic acids is 2. The number of aromatic nitrogens is 2. The largest absolute Gasteiger partial charge is 0.483 e. The zero-order valence-corrected chi connectivity index (χ0v) is 18.1. The predicted octanol–water partition coefficient (Wildman–Crippen LogP) is 1.37. The monoisotopic (exact) mass is 443 g/mol. The number of rotatable bonds is 9. The van der Waals surface area contributed by atoms with Gasteiger partial charge in [0.2, 0.25) is 0 Å². The third-order valence-electron chi connectivity index (χ3n) is 5.65. The highest BCUT2D eigenvalue weighted by Crippen LogP contribution is 2.29. The number of nitrogen functional groups attached to an aromatic ring is 1. The topological polar surface area (TPSA) is 154 Å². The summed E-state index contributed by atoms with van der Waals surface area (Å²) in [5, 5.41) is 0. The highest BCUT2D eigenvalue weighted by molar-refractivity contribution is 5.98. The lowest BCUT2D eigenvalue weighted by molar-refractivity contribution is -0.121. The third kappa shape index (κ3) is 4.84. The molecule has 3 rings (SSSR count). The Bertz CT molecular complexity index is 1100. The number of nitrogens with one attached hydrogen (secondary N) is 1. The summed E-state index contributed by atoms with van der Waals surface area (Å²) in [6.45, 7) is 1.89. The minimum absolute atomic E-state index is 0.0370. The summed E-state index contributed by atoms with van der Waals surface area (Å²) in [7, 11) is 0. The molecular formula is C22H29N5O5. The maximum absolute atomic E-state index is 13.3. The van der Waals surface area contributed by atoms with Crippen LogP contribution >= 0.6 is 0 Å². The molecule has 1 saturated carbocycles. The molecule has 1 fully saturated rings. The number of hydrogen-bond donors (Lipinski definition) is 3. The van der Waals surface area contributed by atoms with Gasteiger partial charge in [-0.25, -0.2) is 4.79 Å². The molecular weight excluding hydrogens is 414 g/mol. The fraction of sp³-hybridized carbons (Fsp3) is 0.455. The average molecular weight is 444 g/mol. The fourth-order valence-electron chi connectivity index (χ4n) is 4.03. The fourth-order valence-corrected chi connectivity index (χ4v) is 4.03. The molecule has 1 aromatic carbocycles. The minimum atomic E-state index is -0.710. The van der Waals surface area contributed by atoms with Gasteiger partial charge < -0.3 is 16.2 Å². The van der Waals surface area contributed by atoms with Crippen molar-refractivity contribution in [1.29, 1.82) is 0 Å². The Labute approximate surface area is 185 Å². The minimum Gasteiger partial charge on any atom is -0.483 e. The van der Waals surface area contributed by atoms with E-state index in [0.717, 1.165) is 19.3 Å². The first-order chi connectivity index (χ1) is 15.3. The zero-order valence-electron chi connectivity index (χ0n) is 18.1. The predicted molar refractivity (Wildman–Crippen MR) is 121 cm³/mol. The average Bonchev–Trinajstić information content (AvgIpc) is 3.29. The van der Waals surface area contributed by atoms with Crippen molar-refractivity contribution in [3.05, 3.63) is 50.7 Å². The maximum atomic E-state index is 13.3. The summed E-state index contributed by atoms with van der Waals surface area (Å²) in [5.74, 6) is -1.03. The van der Waals surface area contributed by atoms with Crippen molar-refractivity contribution >= 4 is 23.3 Å². The van der Waals surface area contributed by atoms with Crippen LogP contribution in [-0.2, 0) is 11.3 Å². The molecule has 32 heavy (non-hydrogen) atoms. The zero-order chi connectivity index (χ0) is 23.3. The van der Waals surface area contributed by atoms with E-state index in [1.165, 1.54) is 15.5 Å². The van der Waals surface area contributed by atoms with Crippen molar-refractivity contribution in [2.45, 2.75) is 58.0 Å². The van der Waals surface area contributed by atoms with Gasteiger partial charge in [0, 0.05) is 12.6 Å². The van der Waals surface area contributed by atoms with Gasteiger partial charge in [-0.15, -0.1) is 0 Å². The number of carbonyl (C=O) groups is 2. The van der Waals surface area contributed by atoms with E-state index in [1.807, 2.05) is 6.92 Å². The number of nitrogens with zero attached hydrogens (tertiary/aromatic N) is 2. The molecule has 10 nitrogen and oxygen atoms in total. The number of nitrogens with two attached hydrogens (primary N) is 2. The molecule has 0 radical (unpaired) electrons. The number of H-pyrrole nitrogens is 1. The molecule has 1 aliphatic rings. The molecule has 172 valence electrons. The second kappa shape index (κ2) is 10.2. The number of benzene rings is 1. The summed E-state index contributed by atoms with van der Waals surface area (Å²) >= 11 is 0. The summed E-state index contributed by atoms with van der Waals surface area (Å²) < 4.78 is 6.90. The van der Waals surface area contributed by atoms with Gasteiger partial charge >= 0.3 is 5.69 Å². The SMILES string of the molecule is CCCCn1c(N)c(N(C(=O)COc2ccccc2C(N)=O)C2CCCC2)c(=O)[nH]c1=O. The second-order valence-electron chi connectivity index (χ2n) is 7.85. The second-order valence-corrected chi connectivity index (χ2v) is 7.85. The quantitative estimate of drug-likeness (QED) is 0.532. The molecule has 0 aliphatic heterocycles. The molecule has 0 spiro atoms. The van der Waals surface area contributed by atoms with Gasteiger partial charge in [-0.2, -0.15) is 0 Å². The highest BCUT2D eigenvalue weighted by atomic mass is 16.5. The molecule has 1 aliphatic carbocycles. The number of amides is 2. The number of anilines is 2. The maximum Gasteiger partial charge on any atom is 0.330 e. The van der Waals surface area contributed by atoms with Crippen LogP contribution < -0.4 is 32.4 Å². The number of para-hydroxylation sites is 1. The summed E-state index contributed by atoms with van der Waals surface area (Å²) in [4.78, 5) is 53.6. The molecule has 5 N–H and O–H groups in total. The standard InChI is InChI=1S/C22H29N5O5/c1-2-3-12-26-19(23)18(21(30)25-22(26)31)27(14-8-4-5-9-14)17(28)13-32-16-11-7-6-10-15(16)20(24)29/h6-7,10-11,14H,2-5,8-9,12-13,23H2,1H3,(H2,24,29)(H,25,30,31). The lowest BCUT2D eigenvalue weighted by Crippen LogP contribution is -2.47. The van der Waals surface area contributed by atoms with Gasteiger partial charge in [0.25, 0.3) is 17.4 Å². The van der Waals surface area contributed by atoms with E-state index < -0.39 is 29.7 Å². The van der Waals surface area contributed by atoms with Crippen LogP contribution in [0.2, 0.25) is 0 Å². The van der Waals surface area contributed by atoms with E-state index in [9.17, 15) is 19.2 Å². The first kappa shape index (κ1) is 23.1. The first-order valence-corrected chi connectivity index (χ1v) is 10.8. The molecule has 0 saturated heterocycles. The summed E-state index contributed by atoms with van der Waals surface area (Å²) in [6.07, 6.45) is 4.76. The Kier molecular flexibility index (Phi) is 7.34. The number of unbranched alkanes of at least 4 members (excludes halogenated alkanes) is 1. The molecule has 0 bridgehead atoms. The Morgan fingerprint density at radius 1 is 1.22 bits per heavy atom. The number of ether oxygens (including phenoxy) is 1. The lowest BCUT2D eigenvalue weighted by Gasteiger charge is -2.30. The van der Waals surface area contributed by atoms with Crippen LogP contribution in [0.3, 0.4) is 0 Å². The lowest BCUT2D eigenvalue weighted by atomic mass is 10.2. The van der Waals surface area contributed by atoms with Crippen LogP contribution in [0.15, 0.2) is 33.9 Å². The van der Waals surface area contributed by atoms with Crippen LogP contribution in [-0.4, -0.2) is 34.0 Å². The number of primary amides is 1. The van der Waals surface area contributed by atoms with Gasteiger partial charge in [0.1, 0.15) is 11.6 Å². The van der Waals surface area contributed by atoms with Crippen LogP contribution in [0.5, 0.6) is 5.75 Å². The van der Waals surface area contributed by atoms with Gasteiger partial charge in [-0.1, -0.05) is 38.3 Å². The Balaban J connectivity index is 1.96. The Morgan fingerprint density at radius 2 is 1.91 bits per heavy atom. The number of aromatic amines is 1. The molecule has 2 amide bonds. The Hall–Kier alpha value is -3.56. The van der Waals surface area contributed by atoms with Crippen molar-refractivity contribution in [2.24, 2.45) is 5.73 Å². The van der Waals surface area contributed by atoms with Crippen LogP contribution in [0.25, 0.3) is 0 Å². The van der Waals surface area contributed by atoms with E-state index >= 15 is 0 Å². The summed E-state index contributed by atoms with van der Waals surface area (Å²) in [6, 6.07) is 6.10. The normalized spacial score (nSPS) is 13.8. The Morgan fingerprint density at radius 3 is 2.56 bits per heavy atom. The van der Waals surface area contributed by atoms with E-state index in [4.69, 9.17) is 16.2 Å². The third-order valence-corrected chi connectivity index (χ3v) is 5.65. The van der Waals surface area contributed by atoms with E-state index in [-0.39, 0.29) is 28.9 Å². The molecule has 1 heterocycles. The molecule has 1 aromatic heterocycles. The van der Waals surface area contributed by atoms with Crippen molar-refractivity contribution in [3.63, 3.8) is 0 Å². The number of hydrogen-bond acceptors (Lipinski definition) is 6. The van der Waals surface area contributed by atoms with Crippen molar-refractivity contribution < 1.29 is 14.3 Å². The van der Waals surface area contributed by atoms with E-state index in [2.05, 4.69) is 4.98 Å². The van der Waals surface area contributed by atoms with Crippen molar-refractivity contribution in [1.82, 2.24) is 9.55 Å². The van der Waals surface area contributed by atoms with Crippen LogP contribution in [0.4, 0.5) is 11.5 Å². The highest BCUT2D eigenvalue weighted by Gasteiger charge is 2.33. The molecule has 0 atom stereocenters. The smallest absolute Gasteiger partial charge is 0.330 e. The van der Waals surface area contributed by atoms with Gasteiger partial charge in [0.05, 0.1) is 5.56 Å². The summed E-state index contributed by atoms with van der Waals surface area (Å²) in [5.41, 5.74) is 10.4. The first-order valence-electron chi connectivity index (χ1n) is 10.8. The van der Waals surface area contributed by atoms with Crippen LogP contribution in [0, 0.1) is 0 Å².